The number of carbonyl (C=O) groups excluding carboxylic acids is 1. The molecule has 6 nitrogen and oxygen atoms in total. The van der Waals surface area contributed by atoms with Crippen molar-refractivity contribution in [1.82, 2.24) is 5.32 Å². The largest absolute Gasteiger partial charge is 0.497 e. The lowest BCUT2D eigenvalue weighted by Crippen LogP contribution is -2.40. The molecule has 0 aromatic heterocycles. The summed E-state index contributed by atoms with van der Waals surface area (Å²) in [5.74, 6) is 1.29. The van der Waals surface area contributed by atoms with Crippen molar-refractivity contribution in [3.63, 3.8) is 0 Å². The van der Waals surface area contributed by atoms with Gasteiger partial charge in [-0.15, -0.1) is 0 Å². The Kier molecular flexibility index (Phi) is 4.12. The molecule has 0 aliphatic carbocycles. The van der Waals surface area contributed by atoms with Crippen LogP contribution in [0.3, 0.4) is 0 Å². The first-order valence-corrected chi connectivity index (χ1v) is 7.51. The number of methoxy groups -OCH3 is 2. The maximum Gasteiger partial charge on any atom is 0.259 e. The van der Waals surface area contributed by atoms with Crippen molar-refractivity contribution in [1.29, 1.82) is 0 Å². The maximum absolute atomic E-state index is 12.7. The molecule has 6 heteroatoms. The molecular weight excluding hydrogens is 306 g/mol. The fourth-order valence-corrected chi connectivity index (χ4v) is 2.84. The second kappa shape index (κ2) is 6.23. The van der Waals surface area contributed by atoms with E-state index >= 15 is 0 Å². The van der Waals surface area contributed by atoms with E-state index in [0.717, 1.165) is 16.9 Å². The molecule has 1 aliphatic heterocycles. The van der Waals surface area contributed by atoms with Crippen LogP contribution in [0.25, 0.3) is 0 Å². The van der Waals surface area contributed by atoms with E-state index in [1.165, 1.54) is 0 Å². The molecule has 0 spiro atoms. The number of aliphatic imine (C=N–C) groups is 1. The summed E-state index contributed by atoms with van der Waals surface area (Å²) in [6.07, 6.45) is 0.386. The van der Waals surface area contributed by atoms with Gasteiger partial charge >= 0.3 is 0 Å². The monoisotopic (exact) mass is 325 g/mol. The lowest BCUT2D eigenvalue weighted by molar-refractivity contribution is -0.124. The van der Waals surface area contributed by atoms with Crippen molar-refractivity contribution >= 4 is 11.9 Å². The molecule has 124 valence electrons. The molecule has 0 saturated carbocycles. The fraction of sp³-hybridized carbons (Fsp3) is 0.222. The molecule has 1 amide bonds. The number of nitrogens with zero attached hydrogens (tertiary/aromatic N) is 1. The molecule has 0 fully saturated rings. The summed E-state index contributed by atoms with van der Waals surface area (Å²) in [6.45, 7) is 0. The Balaban J connectivity index is 2.04. The molecule has 1 atom stereocenters. The van der Waals surface area contributed by atoms with Gasteiger partial charge in [0.15, 0.2) is 11.5 Å². The highest BCUT2D eigenvalue weighted by molar-refractivity contribution is 6.07. The standard InChI is InChI=1S/C18H19N3O3/c1-23-14-8-6-12(7-9-14)11-18(16(22)20-17(19)21-18)13-4-3-5-15(10-13)24-2/h3-10H,11H2,1-2H3,(H3,19,20,21,22). The number of carbonyl (C=O) groups is 1. The van der Waals surface area contributed by atoms with Crippen molar-refractivity contribution < 1.29 is 14.3 Å². The molecule has 2 aromatic carbocycles. The van der Waals surface area contributed by atoms with Crippen LogP contribution in [0.15, 0.2) is 53.5 Å². The Morgan fingerprint density at radius 1 is 1.08 bits per heavy atom. The number of rotatable bonds is 5. The minimum Gasteiger partial charge on any atom is -0.497 e. The first kappa shape index (κ1) is 15.9. The zero-order chi connectivity index (χ0) is 17.2. The molecule has 1 unspecified atom stereocenters. The summed E-state index contributed by atoms with van der Waals surface area (Å²) < 4.78 is 10.4. The molecule has 1 aliphatic rings. The number of hydrogen-bond donors (Lipinski definition) is 2. The van der Waals surface area contributed by atoms with Crippen LogP contribution in [0.2, 0.25) is 0 Å². The number of nitrogens with one attached hydrogen (secondary N) is 1. The lowest BCUT2D eigenvalue weighted by Gasteiger charge is -2.24. The lowest BCUT2D eigenvalue weighted by atomic mass is 9.84. The van der Waals surface area contributed by atoms with E-state index in [1.54, 1.807) is 14.2 Å². The average Bonchev–Trinajstić information content (AvgIpc) is 2.90. The summed E-state index contributed by atoms with van der Waals surface area (Å²) in [5.41, 5.74) is 6.35. The molecule has 24 heavy (non-hydrogen) atoms. The molecule has 3 rings (SSSR count). The van der Waals surface area contributed by atoms with E-state index in [9.17, 15) is 4.79 Å². The highest BCUT2D eigenvalue weighted by Gasteiger charge is 2.45. The maximum atomic E-state index is 12.7. The number of nitrogens with two attached hydrogens (primary N) is 1. The molecule has 2 aromatic rings. The van der Waals surface area contributed by atoms with Crippen molar-refractivity contribution in [2.75, 3.05) is 14.2 Å². The molecule has 0 radical (unpaired) electrons. The van der Waals surface area contributed by atoms with Gasteiger partial charge in [-0.05, 0) is 35.4 Å². The number of benzene rings is 2. The minimum absolute atomic E-state index is 0.122. The van der Waals surface area contributed by atoms with Crippen molar-refractivity contribution in [3.8, 4) is 11.5 Å². The number of ether oxygens (including phenoxy) is 2. The Hall–Kier alpha value is -3.02. The van der Waals surface area contributed by atoms with Crippen LogP contribution >= 0.6 is 0 Å². The van der Waals surface area contributed by atoms with E-state index in [1.807, 2.05) is 48.5 Å². The van der Waals surface area contributed by atoms with Crippen molar-refractivity contribution in [2.45, 2.75) is 12.0 Å². The highest BCUT2D eigenvalue weighted by Crippen LogP contribution is 2.35. The van der Waals surface area contributed by atoms with E-state index in [4.69, 9.17) is 15.2 Å². The minimum atomic E-state index is -1.10. The summed E-state index contributed by atoms with van der Waals surface area (Å²) in [7, 11) is 3.20. The van der Waals surface area contributed by atoms with Crippen LogP contribution in [-0.4, -0.2) is 26.1 Å². The number of hydrogen-bond acceptors (Lipinski definition) is 5. The second-order valence-corrected chi connectivity index (χ2v) is 5.57. The summed E-state index contributed by atoms with van der Waals surface area (Å²) in [4.78, 5) is 17.1. The topological polar surface area (TPSA) is 85.9 Å². The van der Waals surface area contributed by atoms with Gasteiger partial charge in [0.2, 0.25) is 0 Å². The average molecular weight is 325 g/mol. The highest BCUT2D eigenvalue weighted by atomic mass is 16.5. The van der Waals surface area contributed by atoms with Crippen LogP contribution < -0.4 is 20.5 Å². The predicted octanol–water partition coefficient (Wildman–Crippen LogP) is 1.59. The molecule has 1 heterocycles. The molecule has 0 saturated heterocycles. The van der Waals surface area contributed by atoms with E-state index in [2.05, 4.69) is 10.3 Å². The van der Waals surface area contributed by atoms with Crippen LogP contribution in [0.4, 0.5) is 0 Å². The SMILES string of the molecule is COc1ccc(CC2(c3cccc(OC)c3)N=C(N)NC2=O)cc1. The number of guanidine groups is 1. The second-order valence-electron chi connectivity index (χ2n) is 5.57. The van der Waals surface area contributed by atoms with Gasteiger partial charge in [-0.3, -0.25) is 10.1 Å². The van der Waals surface area contributed by atoms with Gasteiger partial charge in [0, 0.05) is 6.42 Å². The van der Waals surface area contributed by atoms with Crippen molar-refractivity contribution in [3.05, 3.63) is 59.7 Å². The van der Waals surface area contributed by atoms with E-state index < -0.39 is 5.54 Å². The summed E-state index contributed by atoms with van der Waals surface area (Å²) in [5, 5.41) is 2.61. The third-order valence-electron chi connectivity index (χ3n) is 4.09. The fourth-order valence-electron chi connectivity index (χ4n) is 2.84. The van der Waals surface area contributed by atoms with Gasteiger partial charge in [0.25, 0.3) is 5.91 Å². The van der Waals surface area contributed by atoms with E-state index in [0.29, 0.717) is 12.2 Å². The van der Waals surface area contributed by atoms with Crippen LogP contribution in [0.1, 0.15) is 11.1 Å². The Bertz CT molecular complexity index is 786. The van der Waals surface area contributed by atoms with Gasteiger partial charge in [-0.2, -0.15) is 0 Å². The summed E-state index contributed by atoms with van der Waals surface area (Å²) >= 11 is 0. The van der Waals surface area contributed by atoms with Gasteiger partial charge < -0.3 is 15.2 Å². The van der Waals surface area contributed by atoms with Gasteiger partial charge in [-0.1, -0.05) is 24.3 Å². The van der Waals surface area contributed by atoms with Crippen LogP contribution in [-0.2, 0) is 16.8 Å². The summed E-state index contributed by atoms with van der Waals surface area (Å²) in [6, 6.07) is 14.9. The third kappa shape index (κ3) is 2.78. The molecular formula is C18H19N3O3. The Morgan fingerprint density at radius 3 is 2.38 bits per heavy atom. The number of amides is 1. The predicted molar refractivity (Wildman–Crippen MR) is 91.1 cm³/mol. The Labute approximate surface area is 140 Å². The zero-order valence-corrected chi connectivity index (χ0v) is 13.6. The smallest absolute Gasteiger partial charge is 0.259 e. The van der Waals surface area contributed by atoms with Crippen LogP contribution in [0, 0.1) is 0 Å². The first-order valence-electron chi connectivity index (χ1n) is 7.51. The molecule has 3 N–H and O–H groups in total. The van der Waals surface area contributed by atoms with E-state index in [-0.39, 0.29) is 11.9 Å². The first-order chi connectivity index (χ1) is 11.6. The van der Waals surface area contributed by atoms with Crippen LogP contribution in [0.5, 0.6) is 11.5 Å². The quantitative estimate of drug-likeness (QED) is 0.874. The Morgan fingerprint density at radius 2 is 1.79 bits per heavy atom. The zero-order valence-electron chi connectivity index (χ0n) is 13.6. The normalized spacial score (nSPS) is 19.6. The van der Waals surface area contributed by atoms with Gasteiger partial charge in [0.05, 0.1) is 14.2 Å². The molecule has 0 bridgehead atoms. The van der Waals surface area contributed by atoms with Gasteiger partial charge in [0.1, 0.15) is 11.5 Å². The van der Waals surface area contributed by atoms with Crippen molar-refractivity contribution in [2.24, 2.45) is 10.7 Å². The third-order valence-corrected chi connectivity index (χ3v) is 4.09. The van der Waals surface area contributed by atoms with Gasteiger partial charge in [-0.25, -0.2) is 4.99 Å².